The molecule has 4 rings (SSSR count). The molecule has 1 aromatic carbocycles. The molecule has 2 aromatic rings. The summed E-state index contributed by atoms with van der Waals surface area (Å²) < 4.78 is 27.2. The highest BCUT2D eigenvalue weighted by atomic mass is 32.2. The molecule has 0 atom stereocenters. The fourth-order valence-corrected chi connectivity index (χ4v) is 5.33. The number of para-hydroxylation sites is 1. The van der Waals surface area contributed by atoms with Crippen molar-refractivity contribution in [2.45, 2.75) is 6.42 Å². The van der Waals surface area contributed by atoms with Crippen molar-refractivity contribution < 1.29 is 8.42 Å². The molecule has 9 nitrogen and oxygen atoms in total. The van der Waals surface area contributed by atoms with Crippen LogP contribution < -0.4 is 14.5 Å². The average molecular weight is 430 g/mol. The molecule has 1 fully saturated rings. The van der Waals surface area contributed by atoms with Crippen molar-refractivity contribution in [3.05, 3.63) is 48.3 Å². The van der Waals surface area contributed by atoms with E-state index in [1.807, 2.05) is 24.3 Å². The number of piperazine rings is 1. The van der Waals surface area contributed by atoms with Gasteiger partial charge in [-0.1, -0.05) is 18.2 Å². The molecule has 0 radical (unpaired) electrons. The van der Waals surface area contributed by atoms with Gasteiger partial charge in [-0.05, 0) is 24.1 Å². The molecule has 0 aliphatic carbocycles. The third-order valence-corrected chi connectivity index (χ3v) is 7.22. The van der Waals surface area contributed by atoms with Crippen LogP contribution in [0.15, 0.2) is 47.7 Å². The zero-order valence-electron chi connectivity index (χ0n) is 17.1. The number of aromatic nitrogens is 2. The number of aliphatic imine (C=N–C) groups is 1. The van der Waals surface area contributed by atoms with Crippen molar-refractivity contribution in [3.63, 3.8) is 0 Å². The minimum Gasteiger partial charge on any atom is -0.355 e. The van der Waals surface area contributed by atoms with E-state index in [1.54, 1.807) is 25.5 Å². The molecule has 0 bridgehead atoms. The predicted octanol–water partition coefficient (Wildman–Crippen LogP) is 0.567. The molecule has 1 N–H and O–H groups in total. The Morgan fingerprint density at radius 3 is 2.53 bits per heavy atom. The van der Waals surface area contributed by atoms with Crippen molar-refractivity contribution in [1.82, 2.24) is 20.2 Å². The minimum atomic E-state index is -3.38. The number of anilines is 2. The van der Waals surface area contributed by atoms with Crippen LogP contribution in [0.4, 0.5) is 11.6 Å². The Morgan fingerprint density at radius 2 is 1.80 bits per heavy atom. The molecule has 0 unspecified atom stereocenters. The Morgan fingerprint density at radius 1 is 1.07 bits per heavy atom. The first-order valence-corrected chi connectivity index (χ1v) is 11.8. The van der Waals surface area contributed by atoms with E-state index in [-0.39, 0.29) is 5.75 Å². The van der Waals surface area contributed by atoms with Gasteiger partial charge in [-0.3, -0.25) is 9.30 Å². The summed E-state index contributed by atoms with van der Waals surface area (Å²) in [6, 6.07) is 9.50. The second-order valence-corrected chi connectivity index (χ2v) is 9.28. The van der Waals surface area contributed by atoms with Gasteiger partial charge in [-0.15, -0.1) is 0 Å². The van der Waals surface area contributed by atoms with Crippen LogP contribution in [0.25, 0.3) is 0 Å². The molecule has 1 saturated heterocycles. The number of hydrogen-bond donors (Lipinski definition) is 1. The van der Waals surface area contributed by atoms with E-state index < -0.39 is 10.0 Å². The van der Waals surface area contributed by atoms with Crippen molar-refractivity contribution in [2.24, 2.45) is 4.99 Å². The molecule has 1 aromatic heterocycles. The molecule has 10 heteroatoms. The first-order chi connectivity index (χ1) is 14.6. The topological polar surface area (TPSA) is 94.0 Å². The smallest absolute Gasteiger partial charge is 0.236 e. The van der Waals surface area contributed by atoms with Crippen LogP contribution in [-0.4, -0.2) is 81.3 Å². The van der Waals surface area contributed by atoms with Gasteiger partial charge in [0.15, 0.2) is 5.96 Å². The zero-order chi connectivity index (χ0) is 21.0. The summed E-state index contributed by atoms with van der Waals surface area (Å²) in [5.41, 5.74) is 1.89. The maximum atomic E-state index is 12.9. The summed E-state index contributed by atoms with van der Waals surface area (Å²) in [4.78, 5) is 17.2. The van der Waals surface area contributed by atoms with E-state index in [0.717, 1.165) is 55.8 Å². The molecule has 0 spiro atoms. The summed E-state index contributed by atoms with van der Waals surface area (Å²) >= 11 is 0. The molecular formula is C20H27N7O2S. The van der Waals surface area contributed by atoms with Crippen LogP contribution in [0.5, 0.6) is 0 Å². The van der Waals surface area contributed by atoms with Crippen molar-refractivity contribution in [3.8, 4) is 0 Å². The highest BCUT2D eigenvalue weighted by molar-refractivity contribution is 7.92. The van der Waals surface area contributed by atoms with E-state index in [1.165, 1.54) is 4.31 Å². The van der Waals surface area contributed by atoms with Gasteiger partial charge < -0.3 is 15.1 Å². The quantitative estimate of drug-likeness (QED) is 0.548. The van der Waals surface area contributed by atoms with Crippen LogP contribution in [0.3, 0.4) is 0 Å². The lowest BCUT2D eigenvalue weighted by Gasteiger charge is -2.36. The second kappa shape index (κ2) is 8.86. The summed E-state index contributed by atoms with van der Waals surface area (Å²) in [5, 5.41) is 3.22. The van der Waals surface area contributed by atoms with E-state index in [0.29, 0.717) is 13.1 Å². The first kappa shape index (κ1) is 20.4. The van der Waals surface area contributed by atoms with Gasteiger partial charge in [0.25, 0.3) is 0 Å². The first-order valence-electron chi connectivity index (χ1n) is 10.1. The van der Waals surface area contributed by atoms with Gasteiger partial charge in [-0.2, -0.15) is 0 Å². The van der Waals surface area contributed by atoms with Gasteiger partial charge in [0.2, 0.25) is 16.0 Å². The summed E-state index contributed by atoms with van der Waals surface area (Å²) in [7, 11) is -1.66. The zero-order valence-corrected chi connectivity index (χ0v) is 17.9. The van der Waals surface area contributed by atoms with Crippen molar-refractivity contribution in [2.75, 3.05) is 61.3 Å². The molecule has 0 saturated carbocycles. The number of hydrogen-bond acceptors (Lipinski definition) is 6. The summed E-state index contributed by atoms with van der Waals surface area (Å²) in [6.45, 7) is 3.94. The maximum Gasteiger partial charge on any atom is 0.236 e. The Balaban J connectivity index is 1.29. The van der Waals surface area contributed by atoms with Gasteiger partial charge in [0, 0.05) is 58.7 Å². The SMILES string of the molecule is CN=C(NCCS(=O)(=O)N1CCc2ccccc21)N1CCN(c2ncccn2)CC1. The number of nitrogens with one attached hydrogen (secondary N) is 1. The van der Waals surface area contributed by atoms with Crippen LogP contribution in [-0.2, 0) is 16.4 Å². The normalized spacial score (nSPS) is 17.2. The van der Waals surface area contributed by atoms with Crippen LogP contribution >= 0.6 is 0 Å². The fourth-order valence-electron chi connectivity index (χ4n) is 3.90. The number of rotatable bonds is 5. The third-order valence-electron chi connectivity index (χ3n) is 5.45. The molecule has 3 heterocycles. The lowest BCUT2D eigenvalue weighted by atomic mass is 10.2. The van der Waals surface area contributed by atoms with Gasteiger partial charge in [0.05, 0.1) is 11.4 Å². The van der Waals surface area contributed by atoms with Crippen molar-refractivity contribution in [1.29, 1.82) is 0 Å². The molecule has 2 aliphatic rings. The largest absolute Gasteiger partial charge is 0.355 e. The highest BCUT2D eigenvalue weighted by Gasteiger charge is 2.29. The maximum absolute atomic E-state index is 12.9. The molecule has 160 valence electrons. The number of fused-ring (bicyclic) bond motifs is 1. The Bertz CT molecular complexity index is 989. The molecule has 0 amide bonds. The molecule has 30 heavy (non-hydrogen) atoms. The van der Waals surface area contributed by atoms with Crippen LogP contribution in [0.2, 0.25) is 0 Å². The van der Waals surface area contributed by atoms with Gasteiger partial charge in [-0.25, -0.2) is 18.4 Å². The average Bonchev–Trinajstić information content (AvgIpc) is 3.23. The van der Waals surface area contributed by atoms with Crippen molar-refractivity contribution >= 4 is 27.6 Å². The number of benzene rings is 1. The highest BCUT2D eigenvalue weighted by Crippen LogP contribution is 2.29. The summed E-state index contributed by atoms with van der Waals surface area (Å²) in [6.07, 6.45) is 4.25. The standard InChI is InChI=1S/C20H27N7O2S/c1-21-19(25-12-14-26(15-13-25)20-22-8-4-9-23-20)24-10-16-30(28,29)27-11-7-17-5-2-3-6-18(17)27/h2-6,8-9H,7,10-16H2,1H3,(H,21,24). The van der Waals surface area contributed by atoms with Crippen LogP contribution in [0, 0.1) is 0 Å². The Kier molecular flexibility index (Phi) is 6.03. The number of nitrogens with zero attached hydrogens (tertiary/aromatic N) is 6. The predicted molar refractivity (Wildman–Crippen MR) is 118 cm³/mol. The second-order valence-electron chi connectivity index (χ2n) is 7.26. The van der Waals surface area contributed by atoms with Crippen LogP contribution in [0.1, 0.15) is 5.56 Å². The lowest BCUT2D eigenvalue weighted by Crippen LogP contribution is -2.53. The molecular weight excluding hydrogens is 402 g/mol. The third kappa shape index (κ3) is 4.33. The summed E-state index contributed by atoms with van der Waals surface area (Å²) in [5.74, 6) is 1.48. The monoisotopic (exact) mass is 429 g/mol. The van der Waals surface area contributed by atoms with Gasteiger partial charge >= 0.3 is 0 Å². The fraction of sp³-hybridized carbons (Fsp3) is 0.450. The Labute approximate surface area is 177 Å². The van der Waals surface area contributed by atoms with Gasteiger partial charge in [0.1, 0.15) is 0 Å². The number of sulfonamides is 1. The van der Waals surface area contributed by atoms with E-state index in [4.69, 9.17) is 0 Å². The Hall–Kier alpha value is -2.88. The molecule has 2 aliphatic heterocycles. The number of guanidine groups is 1. The van der Waals surface area contributed by atoms with E-state index in [9.17, 15) is 8.42 Å². The lowest BCUT2D eigenvalue weighted by molar-refractivity contribution is 0.371. The minimum absolute atomic E-state index is 0.0260. The van der Waals surface area contributed by atoms with E-state index >= 15 is 0 Å². The van der Waals surface area contributed by atoms with E-state index in [2.05, 4.69) is 30.1 Å².